The number of nitrogens with one attached hydrogen (secondary N) is 1. The molecule has 1 aromatic heterocycles. The molecule has 0 saturated carbocycles. The van der Waals surface area contributed by atoms with Gasteiger partial charge >= 0.3 is 5.97 Å². The Balaban J connectivity index is 2.15. The van der Waals surface area contributed by atoms with Gasteiger partial charge in [-0.25, -0.2) is 4.79 Å². The van der Waals surface area contributed by atoms with Gasteiger partial charge in [0.15, 0.2) is 0 Å². The molecule has 0 fully saturated rings. The highest BCUT2D eigenvalue weighted by Crippen LogP contribution is 2.23. The molecule has 4 nitrogen and oxygen atoms in total. The summed E-state index contributed by atoms with van der Waals surface area (Å²) in [6, 6.07) is 8.01. The summed E-state index contributed by atoms with van der Waals surface area (Å²) in [5.41, 5.74) is 1.32. The second-order valence-electron chi connectivity index (χ2n) is 3.89. The summed E-state index contributed by atoms with van der Waals surface area (Å²) in [6.07, 6.45) is 0. The summed E-state index contributed by atoms with van der Waals surface area (Å²) in [4.78, 5) is 22.9. The third-order valence-electron chi connectivity index (χ3n) is 2.49. The SMILES string of the molecule is Cc1ccc(C(=O)Nc2ccc(C(=O)O)s2)cc1Cl. The van der Waals surface area contributed by atoms with Gasteiger partial charge in [-0.2, -0.15) is 0 Å². The Morgan fingerprint density at radius 2 is 2.00 bits per heavy atom. The Kier molecular flexibility index (Phi) is 3.87. The summed E-state index contributed by atoms with van der Waals surface area (Å²) < 4.78 is 0. The van der Waals surface area contributed by atoms with Crippen LogP contribution in [0.1, 0.15) is 25.6 Å². The van der Waals surface area contributed by atoms with E-state index in [0.717, 1.165) is 16.9 Å². The highest BCUT2D eigenvalue weighted by molar-refractivity contribution is 7.18. The largest absolute Gasteiger partial charge is 0.477 e. The molecule has 6 heteroatoms. The minimum atomic E-state index is -1.01. The lowest BCUT2D eigenvalue weighted by Crippen LogP contribution is -2.10. The number of hydrogen-bond donors (Lipinski definition) is 2. The van der Waals surface area contributed by atoms with Crippen molar-refractivity contribution in [2.24, 2.45) is 0 Å². The van der Waals surface area contributed by atoms with Crippen LogP contribution in [0, 0.1) is 6.92 Å². The maximum absolute atomic E-state index is 11.9. The van der Waals surface area contributed by atoms with Crippen molar-refractivity contribution in [1.29, 1.82) is 0 Å². The van der Waals surface area contributed by atoms with Crippen molar-refractivity contribution in [2.45, 2.75) is 6.92 Å². The molecule has 0 aliphatic carbocycles. The zero-order chi connectivity index (χ0) is 14.0. The molecule has 1 heterocycles. The molecule has 1 aromatic carbocycles. The topological polar surface area (TPSA) is 66.4 Å². The summed E-state index contributed by atoms with van der Waals surface area (Å²) in [7, 11) is 0. The van der Waals surface area contributed by atoms with Gasteiger partial charge in [0.25, 0.3) is 5.91 Å². The first-order chi connectivity index (χ1) is 8.97. The van der Waals surface area contributed by atoms with Crippen molar-refractivity contribution in [1.82, 2.24) is 0 Å². The normalized spacial score (nSPS) is 10.2. The molecule has 0 aliphatic rings. The van der Waals surface area contributed by atoms with Gasteiger partial charge in [-0.3, -0.25) is 4.79 Å². The van der Waals surface area contributed by atoms with Crippen LogP contribution in [0.2, 0.25) is 5.02 Å². The van der Waals surface area contributed by atoms with E-state index in [2.05, 4.69) is 5.32 Å². The molecule has 0 saturated heterocycles. The maximum atomic E-state index is 11.9. The average molecular weight is 296 g/mol. The smallest absolute Gasteiger partial charge is 0.345 e. The van der Waals surface area contributed by atoms with Gasteiger partial charge in [-0.1, -0.05) is 17.7 Å². The van der Waals surface area contributed by atoms with Crippen LogP contribution in [0.5, 0.6) is 0 Å². The molecule has 0 aliphatic heterocycles. The molecule has 98 valence electrons. The van der Waals surface area contributed by atoms with E-state index in [1.165, 1.54) is 6.07 Å². The van der Waals surface area contributed by atoms with E-state index in [1.54, 1.807) is 24.3 Å². The zero-order valence-electron chi connectivity index (χ0n) is 9.94. The molecule has 0 atom stereocenters. The van der Waals surface area contributed by atoms with Crippen LogP contribution in [-0.4, -0.2) is 17.0 Å². The van der Waals surface area contributed by atoms with Crippen molar-refractivity contribution in [2.75, 3.05) is 5.32 Å². The first kappa shape index (κ1) is 13.6. The number of aromatic carboxylic acids is 1. The molecule has 2 N–H and O–H groups in total. The van der Waals surface area contributed by atoms with Crippen LogP contribution in [0.25, 0.3) is 0 Å². The maximum Gasteiger partial charge on any atom is 0.345 e. The van der Waals surface area contributed by atoms with Crippen molar-refractivity contribution < 1.29 is 14.7 Å². The van der Waals surface area contributed by atoms with Crippen LogP contribution in [0.15, 0.2) is 30.3 Å². The van der Waals surface area contributed by atoms with Crippen LogP contribution in [0.4, 0.5) is 5.00 Å². The second-order valence-corrected chi connectivity index (χ2v) is 5.38. The van der Waals surface area contributed by atoms with E-state index in [1.807, 2.05) is 6.92 Å². The van der Waals surface area contributed by atoms with Gasteiger partial charge in [0.2, 0.25) is 0 Å². The summed E-state index contributed by atoms with van der Waals surface area (Å²) in [5, 5.41) is 12.4. The fourth-order valence-corrected chi connectivity index (χ4v) is 2.36. The molecule has 19 heavy (non-hydrogen) atoms. The Morgan fingerprint density at radius 3 is 2.58 bits per heavy atom. The number of rotatable bonds is 3. The fourth-order valence-electron chi connectivity index (χ4n) is 1.44. The fraction of sp³-hybridized carbons (Fsp3) is 0.0769. The van der Waals surface area contributed by atoms with E-state index >= 15 is 0 Å². The number of aryl methyl sites for hydroxylation is 1. The Labute approximate surface area is 118 Å². The number of halogens is 1. The van der Waals surface area contributed by atoms with E-state index in [4.69, 9.17) is 16.7 Å². The summed E-state index contributed by atoms with van der Waals surface area (Å²) in [6.45, 7) is 1.85. The van der Waals surface area contributed by atoms with E-state index in [0.29, 0.717) is 15.6 Å². The number of carboxylic acid groups (broad SMARTS) is 1. The lowest BCUT2D eigenvalue weighted by Gasteiger charge is -2.04. The first-order valence-electron chi connectivity index (χ1n) is 5.38. The third kappa shape index (κ3) is 3.13. The second kappa shape index (κ2) is 5.42. The number of carbonyl (C=O) groups is 2. The quantitative estimate of drug-likeness (QED) is 0.908. The van der Waals surface area contributed by atoms with Crippen molar-refractivity contribution >= 4 is 39.8 Å². The van der Waals surface area contributed by atoms with Gasteiger partial charge in [0.05, 0.1) is 5.00 Å². The molecule has 0 bridgehead atoms. The van der Waals surface area contributed by atoms with Crippen molar-refractivity contribution in [3.05, 3.63) is 51.4 Å². The van der Waals surface area contributed by atoms with Gasteiger partial charge in [-0.15, -0.1) is 11.3 Å². The van der Waals surface area contributed by atoms with Gasteiger partial charge in [0.1, 0.15) is 4.88 Å². The lowest BCUT2D eigenvalue weighted by atomic mass is 10.1. The zero-order valence-corrected chi connectivity index (χ0v) is 11.5. The number of amides is 1. The Morgan fingerprint density at radius 1 is 1.26 bits per heavy atom. The first-order valence-corrected chi connectivity index (χ1v) is 6.57. The van der Waals surface area contributed by atoms with Crippen LogP contribution in [0.3, 0.4) is 0 Å². The summed E-state index contributed by atoms with van der Waals surface area (Å²) >= 11 is 6.96. The van der Waals surface area contributed by atoms with Crippen molar-refractivity contribution in [3.63, 3.8) is 0 Å². The number of benzene rings is 1. The number of hydrogen-bond acceptors (Lipinski definition) is 3. The average Bonchev–Trinajstić information content (AvgIpc) is 2.81. The lowest BCUT2D eigenvalue weighted by molar-refractivity contribution is 0.0702. The highest BCUT2D eigenvalue weighted by atomic mass is 35.5. The number of anilines is 1. The number of carboxylic acids is 1. The van der Waals surface area contributed by atoms with Gasteiger partial charge in [-0.05, 0) is 36.8 Å². The minimum Gasteiger partial charge on any atom is -0.477 e. The molecule has 2 aromatic rings. The van der Waals surface area contributed by atoms with E-state index in [9.17, 15) is 9.59 Å². The molecule has 1 amide bonds. The molecule has 2 rings (SSSR count). The van der Waals surface area contributed by atoms with Gasteiger partial charge in [0, 0.05) is 10.6 Å². The molecular formula is C13H10ClNO3S. The minimum absolute atomic E-state index is 0.178. The monoisotopic (exact) mass is 295 g/mol. The predicted molar refractivity (Wildman–Crippen MR) is 75.4 cm³/mol. The predicted octanol–water partition coefficient (Wildman–Crippen LogP) is 3.66. The standard InChI is InChI=1S/C13H10ClNO3S/c1-7-2-3-8(6-9(7)14)12(16)15-11-5-4-10(19-11)13(17)18/h2-6H,1H3,(H,15,16)(H,17,18). The number of carbonyl (C=O) groups excluding carboxylic acids is 1. The van der Waals surface area contributed by atoms with Crippen LogP contribution < -0.4 is 5.32 Å². The Hall–Kier alpha value is -1.85. The van der Waals surface area contributed by atoms with Crippen LogP contribution >= 0.6 is 22.9 Å². The molecule has 0 spiro atoms. The van der Waals surface area contributed by atoms with Gasteiger partial charge < -0.3 is 10.4 Å². The summed E-state index contributed by atoms with van der Waals surface area (Å²) in [5.74, 6) is -1.33. The Bertz CT molecular complexity index is 651. The molecular weight excluding hydrogens is 286 g/mol. The van der Waals surface area contributed by atoms with E-state index < -0.39 is 5.97 Å². The van der Waals surface area contributed by atoms with E-state index in [-0.39, 0.29) is 10.8 Å². The molecule has 0 unspecified atom stereocenters. The van der Waals surface area contributed by atoms with Crippen molar-refractivity contribution in [3.8, 4) is 0 Å². The van der Waals surface area contributed by atoms with Crippen LogP contribution in [-0.2, 0) is 0 Å². The third-order valence-corrected chi connectivity index (χ3v) is 3.88. The molecule has 0 radical (unpaired) electrons. The number of thiophene rings is 1. The highest BCUT2D eigenvalue weighted by Gasteiger charge is 2.11.